The number of thiazole rings is 1. The molecule has 0 aliphatic carbocycles. The van der Waals surface area contributed by atoms with Crippen molar-refractivity contribution in [2.75, 3.05) is 0 Å². The van der Waals surface area contributed by atoms with Crippen LogP contribution >= 0.6 is 11.3 Å². The number of imidazole rings is 1. The third kappa shape index (κ3) is 1.12. The van der Waals surface area contributed by atoms with Gasteiger partial charge in [0.15, 0.2) is 10.3 Å². The molecule has 0 atom stereocenters. The third-order valence-electron chi connectivity index (χ3n) is 3.76. The molecule has 1 aliphatic heterocycles. The first-order chi connectivity index (χ1) is 9.42. The monoisotopic (exact) mass is 264 g/mol. The number of rotatable bonds is 0. The molecule has 3 aromatic heterocycles. The molecule has 5 rings (SSSR count). The van der Waals surface area contributed by atoms with Gasteiger partial charge in [-0.25, -0.2) is 9.55 Å². The quantitative estimate of drug-likeness (QED) is 0.394. The number of benzene rings is 1. The summed E-state index contributed by atoms with van der Waals surface area (Å²) in [6.07, 6.45) is 4.10. The maximum atomic E-state index is 4.46. The average Bonchev–Trinajstić information content (AvgIpc) is 3.04. The zero-order valence-electron chi connectivity index (χ0n) is 10.1. The van der Waals surface area contributed by atoms with Crippen LogP contribution in [0.3, 0.4) is 0 Å². The molecule has 1 aromatic carbocycles. The van der Waals surface area contributed by atoms with Crippen LogP contribution in [0.15, 0.2) is 48.8 Å². The molecule has 0 spiro atoms. The number of pyridine rings is 1. The number of nitrogens with zero attached hydrogens (tertiary/aromatic N) is 3. The fourth-order valence-corrected chi connectivity index (χ4v) is 4.01. The Morgan fingerprint density at radius 3 is 3.11 bits per heavy atom. The number of hydrogen-bond donors (Lipinski definition) is 0. The first-order valence-corrected chi connectivity index (χ1v) is 7.10. The molecule has 4 heterocycles. The van der Waals surface area contributed by atoms with Crippen molar-refractivity contribution in [1.29, 1.82) is 0 Å². The summed E-state index contributed by atoms with van der Waals surface area (Å²) in [5.41, 5.74) is 3.94. The molecule has 0 saturated heterocycles. The standard InChI is InChI=1S/C15H10N3S/c1-2-5-11-10(4-1)8-17-9-13-18(15(11)17)12-6-3-7-16-14(12)19-13/h1-7,9H,8H2/q+1. The van der Waals surface area contributed by atoms with Gasteiger partial charge in [-0.15, -0.1) is 0 Å². The van der Waals surface area contributed by atoms with Crippen molar-refractivity contribution in [1.82, 2.24) is 9.38 Å². The molecule has 0 N–H and O–H groups in total. The van der Waals surface area contributed by atoms with Crippen LogP contribution in [0.25, 0.3) is 26.6 Å². The average molecular weight is 264 g/mol. The van der Waals surface area contributed by atoms with Crippen molar-refractivity contribution in [2.24, 2.45) is 0 Å². The van der Waals surface area contributed by atoms with Gasteiger partial charge in [0.25, 0.3) is 5.82 Å². The first-order valence-electron chi connectivity index (χ1n) is 6.28. The van der Waals surface area contributed by atoms with Crippen LogP contribution in [0.5, 0.6) is 0 Å². The van der Waals surface area contributed by atoms with E-state index in [1.54, 1.807) is 11.3 Å². The Labute approximate surface area is 113 Å². The van der Waals surface area contributed by atoms with E-state index in [1.165, 1.54) is 27.3 Å². The lowest BCUT2D eigenvalue weighted by atomic mass is 10.1. The van der Waals surface area contributed by atoms with Crippen molar-refractivity contribution < 1.29 is 4.57 Å². The van der Waals surface area contributed by atoms with Crippen LogP contribution in [-0.2, 0) is 6.54 Å². The van der Waals surface area contributed by atoms with E-state index >= 15 is 0 Å². The van der Waals surface area contributed by atoms with E-state index in [2.05, 4.69) is 50.5 Å². The maximum Gasteiger partial charge on any atom is 0.296 e. The van der Waals surface area contributed by atoms with Crippen molar-refractivity contribution >= 4 is 26.5 Å². The zero-order chi connectivity index (χ0) is 12.4. The fourth-order valence-electron chi connectivity index (χ4n) is 2.98. The smallest absolute Gasteiger partial charge is 0.241 e. The summed E-state index contributed by atoms with van der Waals surface area (Å²) in [5.74, 6) is 1.28. The van der Waals surface area contributed by atoms with E-state index in [-0.39, 0.29) is 0 Å². The van der Waals surface area contributed by atoms with Crippen LogP contribution in [-0.4, -0.2) is 9.38 Å². The van der Waals surface area contributed by atoms with Gasteiger partial charge in [-0.3, -0.25) is 0 Å². The summed E-state index contributed by atoms with van der Waals surface area (Å²) in [7, 11) is 0. The maximum absolute atomic E-state index is 4.46. The minimum absolute atomic E-state index is 0.974. The predicted octanol–water partition coefficient (Wildman–Crippen LogP) is 2.87. The lowest BCUT2D eigenvalue weighted by molar-refractivity contribution is -0.670. The minimum Gasteiger partial charge on any atom is -0.241 e. The van der Waals surface area contributed by atoms with Gasteiger partial charge in [0, 0.05) is 11.8 Å². The molecule has 0 unspecified atom stereocenters. The molecule has 1 aliphatic rings. The van der Waals surface area contributed by atoms with Gasteiger partial charge in [0.2, 0.25) is 4.83 Å². The summed E-state index contributed by atoms with van der Waals surface area (Å²) >= 11 is 1.75. The van der Waals surface area contributed by atoms with Crippen LogP contribution in [0, 0.1) is 0 Å². The van der Waals surface area contributed by atoms with E-state index in [0.29, 0.717) is 0 Å². The molecule has 4 heteroatoms. The Kier molecular flexibility index (Phi) is 1.64. The van der Waals surface area contributed by atoms with Gasteiger partial charge in [-0.2, -0.15) is 4.40 Å². The highest BCUT2D eigenvalue weighted by Gasteiger charge is 2.31. The summed E-state index contributed by atoms with van der Waals surface area (Å²) < 4.78 is 4.67. The van der Waals surface area contributed by atoms with Crippen molar-refractivity contribution in [3.8, 4) is 11.4 Å². The van der Waals surface area contributed by atoms with E-state index in [1.807, 2.05) is 12.3 Å². The normalized spacial score (nSPS) is 13.1. The van der Waals surface area contributed by atoms with E-state index in [0.717, 1.165) is 11.4 Å². The minimum atomic E-state index is 0.974. The van der Waals surface area contributed by atoms with E-state index in [4.69, 9.17) is 0 Å². The second-order valence-corrected chi connectivity index (χ2v) is 5.85. The van der Waals surface area contributed by atoms with E-state index < -0.39 is 0 Å². The Morgan fingerprint density at radius 2 is 2.11 bits per heavy atom. The molecular formula is C15H10N3S+. The predicted molar refractivity (Wildman–Crippen MR) is 75.3 cm³/mol. The first kappa shape index (κ1) is 9.69. The second-order valence-electron chi connectivity index (χ2n) is 4.84. The Balaban J connectivity index is 2.00. The molecule has 0 amide bonds. The molecule has 19 heavy (non-hydrogen) atoms. The lowest BCUT2D eigenvalue weighted by Gasteiger charge is -1.92. The Bertz CT molecular complexity index is 949. The van der Waals surface area contributed by atoms with Crippen molar-refractivity contribution in [3.05, 3.63) is 54.4 Å². The highest BCUT2D eigenvalue weighted by atomic mass is 32.1. The van der Waals surface area contributed by atoms with Crippen LogP contribution < -0.4 is 4.57 Å². The highest BCUT2D eigenvalue weighted by molar-refractivity contribution is 7.23. The largest absolute Gasteiger partial charge is 0.296 e. The summed E-state index contributed by atoms with van der Waals surface area (Å²) in [6, 6.07) is 12.8. The molecule has 0 bridgehead atoms. The van der Waals surface area contributed by atoms with Gasteiger partial charge in [0.05, 0.1) is 5.56 Å². The van der Waals surface area contributed by atoms with Gasteiger partial charge in [0.1, 0.15) is 12.7 Å². The van der Waals surface area contributed by atoms with Crippen LogP contribution in [0.1, 0.15) is 5.56 Å². The molecule has 4 aromatic rings. The Morgan fingerprint density at radius 1 is 1.16 bits per heavy atom. The van der Waals surface area contributed by atoms with Crippen LogP contribution in [0.4, 0.5) is 0 Å². The van der Waals surface area contributed by atoms with Gasteiger partial charge < -0.3 is 0 Å². The Hall–Kier alpha value is -2.20. The number of fused-ring (bicyclic) bond motifs is 7. The molecule has 0 saturated carbocycles. The topological polar surface area (TPSA) is 21.2 Å². The highest BCUT2D eigenvalue weighted by Crippen LogP contribution is 2.33. The molecule has 90 valence electrons. The van der Waals surface area contributed by atoms with Crippen LogP contribution in [0.2, 0.25) is 0 Å². The molecule has 3 nitrogen and oxygen atoms in total. The number of hydrogen-bond acceptors (Lipinski definition) is 2. The van der Waals surface area contributed by atoms with Gasteiger partial charge in [-0.05, 0) is 18.2 Å². The van der Waals surface area contributed by atoms with Gasteiger partial charge >= 0.3 is 0 Å². The number of aromatic nitrogens is 3. The summed E-state index contributed by atoms with van der Waals surface area (Å²) in [6.45, 7) is 0.974. The fraction of sp³-hybridized carbons (Fsp3) is 0.0667. The molecular weight excluding hydrogens is 254 g/mol. The second kappa shape index (κ2) is 3.22. The van der Waals surface area contributed by atoms with Crippen molar-refractivity contribution in [2.45, 2.75) is 6.54 Å². The van der Waals surface area contributed by atoms with Gasteiger partial charge in [-0.1, -0.05) is 29.5 Å². The van der Waals surface area contributed by atoms with E-state index in [9.17, 15) is 0 Å². The van der Waals surface area contributed by atoms with Crippen molar-refractivity contribution in [3.63, 3.8) is 0 Å². The summed E-state index contributed by atoms with van der Waals surface area (Å²) in [5, 5.41) is 0. The third-order valence-corrected chi connectivity index (χ3v) is 4.77. The lowest BCUT2D eigenvalue weighted by Crippen LogP contribution is -2.29. The SMILES string of the molecule is c1ccc2c(c1)C[n+]1cc3sc4ncccc4n3c1-2. The molecule has 0 radical (unpaired) electrons. The summed E-state index contributed by atoms with van der Waals surface area (Å²) in [4.78, 5) is 6.82. The molecule has 0 fully saturated rings. The zero-order valence-corrected chi connectivity index (χ0v) is 10.9.